The van der Waals surface area contributed by atoms with Crippen molar-refractivity contribution >= 4 is 28.9 Å². The van der Waals surface area contributed by atoms with Crippen LogP contribution in [-0.4, -0.2) is 24.9 Å². The van der Waals surface area contributed by atoms with Gasteiger partial charge in [0.25, 0.3) is 11.8 Å². The molecule has 2 amide bonds. The van der Waals surface area contributed by atoms with E-state index in [0.717, 1.165) is 24.5 Å². The number of nitrogens with one attached hydrogen (secondary N) is 2. The molecule has 1 heterocycles. The highest BCUT2D eigenvalue weighted by molar-refractivity contribution is 6.07. The average Bonchev–Trinajstić information content (AvgIpc) is 3.30. The first-order valence-electron chi connectivity index (χ1n) is 9.82. The second kappa shape index (κ2) is 8.61. The van der Waals surface area contributed by atoms with E-state index in [1.807, 2.05) is 42.5 Å². The fourth-order valence-electron chi connectivity index (χ4n) is 3.51. The summed E-state index contributed by atoms with van der Waals surface area (Å²) in [6, 6.07) is 23.8. The summed E-state index contributed by atoms with van der Waals surface area (Å²) in [5.74, 6) is -0.347. The van der Waals surface area contributed by atoms with Gasteiger partial charge in [-0.3, -0.25) is 9.59 Å². The number of rotatable bonds is 5. The van der Waals surface area contributed by atoms with Crippen molar-refractivity contribution in [3.63, 3.8) is 0 Å². The molecule has 3 aromatic rings. The Bertz CT molecular complexity index is 994. The number of nitrogens with zero attached hydrogens (tertiary/aromatic N) is 1. The normalized spacial score (nSPS) is 13.2. The van der Waals surface area contributed by atoms with Gasteiger partial charge in [-0.1, -0.05) is 30.3 Å². The molecule has 146 valence electrons. The van der Waals surface area contributed by atoms with Gasteiger partial charge in [-0.25, -0.2) is 0 Å². The van der Waals surface area contributed by atoms with Crippen LogP contribution in [0.2, 0.25) is 0 Å². The fourth-order valence-corrected chi connectivity index (χ4v) is 3.51. The van der Waals surface area contributed by atoms with Crippen LogP contribution in [0.4, 0.5) is 17.1 Å². The third-order valence-electron chi connectivity index (χ3n) is 5.04. The lowest BCUT2D eigenvalue weighted by Gasteiger charge is -2.21. The van der Waals surface area contributed by atoms with Gasteiger partial charge in [0.05, 0.1) is 11.4 Å². The van der Waals surface area contributed by atoms with Crippen LogP contribution in [0.1, 0.15) is 33.6 Å². The first-order valence-corrected chi connectivity index (χ1v) is 9.82. The highest BCUT2D eigenvalue weighted by atomic mass is 16.2. The molecule has 0 radical (unpaired) electrons. The molecule has 0 saturated carbocycles. The summed E-state index contributed by atoms with van der Waals surface area (Å²) >= 11 is 0. The summed E-state index contributed by atoms with van der Waals surface area (Å²) in [6.45, 7) is 2.03. The molecule has 1 fully saturated rings. The Morgan fingerprint density at radius 1 is 0.655 bits per heavy atom. The third kappa shape index (κ3) is 4.46. The summed E-state index contributed by atoms with van der Waals surface area (Å²) in [6.07, 6.45) is 2.36. The van der Waals surface area contributed by atoms with Crippen molar-refractivity contribution in [3.05, 3.63) is 90.0 Å². The summed E-state index contributed by atoms with van der Waals surface area (Å²) in [7, 11) is 0. The molecule has 1 saturated heterocycles. The molecule has 0 atom stereocenters. The molecule has 0 aromatic heterocycles. The Hall–Kier alpha value is -3.60. The second-order valence-electron chi connectivity index (χ2n) is 7.06. The van der Waals surface area contributed by atoms with Crippen LogP contribution in [0.5, 0.6) is 0 Å². The van der Waals surface area contributed by atoms with E-state index in [9.17, 15) is 9.59 Å². The minimum absolute atomic E-state index is 0.169. The van der Waals surface area contributed by atoms with Gasteiger partial charge in [-0.2, -0.15) is 0 Å². The first kappa shape index (κ1) is 18.7. The number of carbonyl (C=O) groups excluding carboxylic acids is 2. The monoisotopic (exact) mass is 385 g/mol. The number of carbonyl (C=O) groups is 2. The zero-order valence-corrected chi connectivity index (χ0v) is 16.1. The summed E-state index contributed by atoms with van der Waals surface area (Å²) in [5.41, 5.74) is 3.66. The van der Waals surface area contributed by atoms with Crippen molar-refractivity contribution in [2.75, 3.05) is 28.6 Å². The van der Waals surface area contributed by atoms with E-state index in [0.29, 0.717) is 16.8 Å². The maximum Gasteiger partial charge on any atom is 0.255 e. The van der Waals surface area contributed by atoms with Crippen molar-refractivity contribution in [1.82, 2.24) is 0 Å². The lowest BCUT2D eigenvalue weighted by Crippen LogP contribution is -2.21. The van der Waals surface area contributed by atoms with Gasteiger partial charge in [0.15, 0.2) is 0 Å². The van der Waals surface area contributed by atoms with E-state index >= 15 is 0 Å². The molecule has 0 bridgehead atoms. The van der Waals surface area contributed by atoms with Gasteiger partial charge in [-0.05, 0) is 61.4 Å². The molecule has 1 aliphatic rings. The Balaban J connectivity index is 1.43. The fraction of sp³-hybridized carbons (Fsp3) is 0.167. The molecule has 1 aliphatic heterocycles. The Morgan fingerprint density at radius 2 is 1.24 bits per heavy atom. The quantitative estimate of drug-likeness (QED) is 0.664. The van der Waals surface area contributed by atoms with Crippen LogP contribution >= 0.6 is 0 Å². The molecule has 3 aromatic carbocycles. The zero-order chi connectivity index (χ0) is 20.1. The number of hydrogen-bond donors (Lipinski definition) is 2. The minimum Gasteiger partial charge on any atom is -0.370 e. The van der Waals surface area contributed by atoms with Crippen LogP contribution < -0.4 is 15.5 Å². The predicted molar refractivity (Wildman–Crippen MR) is 117 cm³/mol. The Morgan fingerprint density at radius 3 is 1.97 bits per heavy atom. The van der Waals surface area contributed by atoms with Crippen LogP contribution in [0.15, 0.2) is 78.9 Å². The van der Waals surface area contributed by atoms with Gasteiger partial charge in [0, 0.05) is 29.9 Å². The molecular weight excluding hydrogens is 362 g/mol. The number of amides is 2. The van der Waals surface area contributed by atoms with E-state index in [1.165, 1.54) is 12.8 Å². The molecule has 0 aliphatic carbocycles. The number of para-hydroxylation sites is 2. The van der Waals surface area contributed by atoms with Crippen molar-refractivity contribution < 1.29 is 9.59 Å². The van der Waals surface area contributed by atoms with E-state index in [-0.39, 0.29) is 11.8 Å². The van der Waals surface area contributed by atoms with Crippen LogP contribution in [0, 0.1) is 0 Å². The number of benzene rings is 3. The van der Waals surface area contributed by atoms with E-state index < -0.39 is 0 Å². The van der Waals surface area contributed by atoms with Crippen molar-refractivity contribution in [1.29, 1.82) is 0 Å². The molecule has 5 nitrogen and oxygen atoms in total. The SMILES string of the molecule is O=C(Nc1ccc(C(=O)Nc2ccccc2N2CCCC2)cc1)c1ccccc1. The molecule has 0 spiro atoms. The lowest BCUT2D eigenvalue weighted by atomic mass is 10.1. The molecule has 0 unspecified atom stereocenters. The lowest BCUT2D eigenvalue weighted by molar-refractivity contribution is 0.102. The highest BCUT2D eigenvalue weighted by Gasteiger charge is 2.17. The predicted octanol–water partition coefficient (Wildman–Crippen LogP) is 4.79. The van der Waals surface area contributed by atoms with Crippen LogP contribution in [0.3, 0.4) is 0 Å². The molecule has 2 N–H and O–H groups in total. The van der Waals surface area contributed by atoms with E-state index in [1.54, 1.807) is 36.4 Å². The average molecular weight is 385 g/mol. The summed E-state index contributed by atoms with van der Waals surface area (Å²) < 4.78 is 0. The maximum atomic E-state index is 12.7. The van der Waals surface area contributed by atoms with Gasteiger partial charge in [0.2, 0.25) is 0 Å². The van der Waals surface area contributed by atoms with Crippen molar-refractivity contribution in [2.24, 2.45) is 0 Å². The molecule has 5 heteroatoms. The molecule has 4 rings (SSSR count). The first-order chi connectivity index (χ1) is 14.2. The van der Waals surface area contributed by atoms with E-state index in [4.69, 9.17) is 0 Å². The van der Waals surface area contributed by atoms with Gasteiger partial charge >= 0.3 is 0 Å². The van der Waals surface area contributed by atoms with Crippen LogP contribution in [-0.2, 0) is 0 Å². The zero-order valence-electron chi connectivity index (χ0n) is 16.1. The van der Waals surface area contributed by atoms with Crippen LogP contribution in [0.25, 0.3) is 0 Å². The minimum atomic E-state index is -0.178. The van der Waals surface area contributed by atoms with Gasteiger partial charge in [-0.15, -0.1) is 0 Å². The van der Waals surface area contributed by atoms with Crippen molar-refractivity contribution in [3.8, 4) is 0 Å². The largest absolute Gasteiger partial charge is 0.370 e. The highest BCUT2D eigenvalue weighted by Crippen LogP contribution is 2.29. The number of anilines is 3. The number of hydrogen-bond acceptors (Lipinski definition) is 3. The molecule has 29 heavy (non-hydrogen) atoms. The third-order valence-corrected chi connectivity index (χ3v) is 5.04. The standard InChI is InChI=1S/C24H23N3O2/c28-23(18-8-2-1-3-9-18)25-20-14-12-19(13-15-20)24(29)26-21-10-4-5-11-22(21)27-16-6-7-17-27/h1-5,8-15H,6-7,16-17H2,(H,25,28)(H,26,29). The second-order valence-corrected chi connectivity index (χ2v) is 7.06. The summed E-state index contributed by atoms with van der Waals surface area (Å²) in [4.78, 5) is 27.3. The molecular formula is C24H23N3O2. The van der Waals surface area contributed by atoms with Crippen molar-refractivity contribution in [2.45, 2.75) is 12.8 Å². The topological polar surface area (TPSA) is 61.4 Å². The smallest absolute Gasteiger partial charge is 0.255 e. The Labute approximate surface area is 170 Å². The van der Waals surface area contributed by atoms with Gasteiger partial charge in [0.1, 0.15) is 0 Å². The van der Waals surface area contributed by atoms with E-state index in [2.05, 4.69) is 15.5 Å². The van der Waals surface area contributed by atoms with Gasteiger partial charge < -0.3 is 15.5 Å². The Kier molecular flexibility index (Phi) is 5.56. The maximum absolute atomic E-state index is 12.7. The summed E-state index contributed by atoms with van der Waals surface area (Å²) in [5, 5.41) is 5.86.